The lowest BCUT2D eigenvalue weighted by molar-refractivity contribution is -0.123. The molecule has 72 valence electrons. The molecule has 0 aromatic heterocycles. The quantitative estimate of drug-likeness (QED) is 0.712. The van der Waals surface area contributed by atoms with Gasteiger partial charge in [-0.15, -0.1) is 0 Å². The highest BCUT2D eigenvalue weighted by Crippen LogP contribution is 2.51. The first-order chi connectivity index (χ1) is 5.97. The summed E-state index contributed by atoms with van der Waals surface area (Å²) in [5, 5.41) is 11.3. The molecule has 0 aromatic rings. The van der Waals surface area contributed by atoms with Gasteiger partial charge in [0.2, 0.25) is 5.91 Å². The van der Waals surface area contributed by atoms with Gasteiger partial charge < -0.3 is 5.32 Å². The molecule has 1 saturated carbocycles. The maximum atomic E-state index is 11.4. The minimum Gasteiger partial charge on any atom is -0.355 e. The summed E-state index contributed by atoms with van der Waals surface area (Å²) in [6.45, 7) is 6.45. The molecule has 1 N–H and O–H groups in total. The molecule has 1 aliphatic carbocycles. The fourth-order valence-corrected chi connectivity index (χ4v) is 1.34. The van der Waals surface area contributed by atoms with Gasteiger partial charge in [0.25, 0.3) is 0 Å². The van der Waals surface area contributed by atoms with Crippen LogP contribution >= 0.6 is 0 Å². The number of nitrogens with one attached hydrogen (secondary N) is 1. The largest absolute Gasteiger partial charge is 0.355 e. The number of rotatable bonds is 3. The standard InChI is InChI=1S/C10H16N2O/c1-7(5-11)6-12-9(13)8-4-10(8,2)3/h7-8H,4,6H2,1-3H3,(H,12,13). The van der Waals surface area contributed by atoms with Crippen molar-refractivity contribution < 1.29 is 4.79 Å². The smallest absolute Gasteiger partial charge is 0.223 e. The summed E-state index contributed by atoms with van der Waals surface area (Å²) in [5.74, 6) is 0.177. The van der Waals surface area contributed by atoms with E-state index >= 15 is 0 Å². The molecule has 0 radical (unpaired) electrons. The summed E-state index contributed by atoms with van der Waals surface area (Å²) in [6, 6.07) is 2.09. The molecular formula is C10H16N2O. The summed E-state index contributed by atoms with van der Waals surface area (Å²) in [6.07, 6.45) is 0.972. The first kappa shape index (κ1) is 10.0. The van der Waals surface area contributed by atoms with Crippen LogP contribution in [0.25, 0.3) is 0 Å². The first-order valence-corrected chi connectivity index (χ1v) is 4.64. The van der Waals surface area contributed by atoms with Gasteiger partial charge in [-0.05, 0) is 18.8 Å². The lowest BCUT2D eigenvalue weighted by Crippen LogP contribution is -2.30. The van der Waals surface area contributed by atoms with Gasteiger partial charge in [0.1, 0.15) is 0 Å². The van der Waals surface area contributed by atoms with Gasteiger partial charge in [0.05, 0.1) is 12.0 Å². The molecule has 0 heterocycles. The van der Waals surface area contributed by atoms with Crippen LogP contribution in [-0.4, -0.2) is 12.5 Å². The van der Waals surface area contributed by atoms with E-state index in [1.807, 2.05) is 0 Å². The van der Waals surface area contributed by atoms with E-state index in [-0.39, 0.29) is 23.2 Å². The van der Waals surface area contributed by atoms with E-state index < -0.39 is 0 Å². The third-order valence-corrected chi connectivity index (χ3v) is 2.63. The van der Waals surface area contributed by atoms with E-state index in [9.17, 15) is 4.79 Å². The van der Waals surface area contributed by atoms with E-state index in [4.69, 9.17) is 5.26 Å². The van der Waals surface area contributed by atoms with Gasteiger partial charge in [0.15, 0.2) is 0 Å². The monoisotopic (exact) mass is 180 g/mol. The SMILES string of the molecule is CC(C#N)CNC(=O)C1CC1(C)C. The third kappa shape index (κ3) is 2.45. The van der Waals surface area contributed by atoms with Crippen LogP contribution in [0.4, 0.5) is 0 Å². The van der Waals surface area contributed by atoms with Crippen molar-refractivity contribution in [1.29, 1.82) is 5.26 Å². The third-order valence-electron chi connectivity index (χ3n) is 2.63. The zero-order valence-electron chi connectivity index (χ0n) is 8.42. The molecule has 2 unspecified atom stereocenters. The number of amides is 1. The van der Waals surface area contributed by atoms with E-state index in [1.54, 1.807) is 6.92 Å². The Morgan fingerprint density at radius 3 is 2.69 bits per heavy atom. The van der Waals surface area contributed by atoms with Gasteiger partial charge in [-0.2, -0.15) is 5.26 Å². The second-order valence-electron chi connectivity index (χ2n) is 4.52. The van der Waals surface area contributed by atoms with Crippen LogP contribution < -0.4 is 5.32 Å². The number of carbonyl (C=O) groups excluding carboxylic acids is 1. The van der Waals surface area contributed by atoms with Crippen molar-refractivity contribution in [3.8, 4) is 6.07 Å². The minimum absolute atomic E-state index is 0.0918. The molecule has 1 fully saturated rings. The van der Waals surface area contributed by atoms with Crippen LogP contribution in [0.5, 0.6) is 0 Å². The second-order valence-corrected chi connectivity index (χ2v) is 4.52. The van der Waals surface area contributed by atoms with Gasteiger partial charge in [-0.1, -0.05) is 13.8 Å². The van der Waals surface area contributed by atoms with Gasteiger partial charge >= 0.3 is 0 Å². The highest BCUT2D eigenvalue weighted by atomic mass is 16.2. The molecule has 0 saturated heterocycles. The summed E-state index contributed by atoms with van der Waals surface area (Å²) >= 11 is 0. The average molecular weight is 180 g/mol. The molecule has 1 aliphatic rings. The van der Waals surface area contributed by atoms with Crippen molar-refractivity contribution in [3.63, 3.8) is 0 Å². The lowest BCUT2D eigenvalue weighted by Gasteiger charge is -2.06. The van der Waals surface area contributed by atoms with Crippen molar-refractivity contribution in [3.05, 3.63) is 0 Å². The van der Waals surface area contributed by atoms with Crippen molar-refractivity contribution >= 4 is 5.91 Å². The van der Waals surface area contributed by atoms with Gasteiger partial charge in [-0.25, -0.2) is 0 Å². The Morgan fingerprint density at radius 1 is 1.77 bits per heavy atom. The molecule has 1 rings (SSSR count). The highest BCUT2D eigenvalue weighted by Gasteiger charge is 2.50. The Morgan fingerprint density at radius 2 is 2.31 bits per heavy atom. The van der Waals surface area contributed by atoms with Crippen molar-refractivity contribution in [2.45, 2.75) is 27.2 Å². The summed E-state index contributed by atoms with van der Waals surface area (Å²) in [4.78, 5) is 11.4. The Hall–Kier alpha value is -1.04. The van der Waals surface area contributed by atoms with E-state index in [0.29, 0.717) is 6.54 Å². The Labute approximate surface area is 79.1 Å². The topological polar surface area (TPSA) is 52.9 Å². The number of carbonyl (C=O) groups is 1. The van der Waals surface area contributed by atoms with Crippen LogP contribution in [0.3, 0.4) is 0 Å². The molecule has 3 nitrogen and oxygen atoms in total. The van der Waals surface area contributed by atoms with Crippen molar-refractivity contribution in [2.24, 2.45) is 17.3 Å². The normalized spacial score (nSPS) is 25.8. The number of nitriles is 1. The summed E-state index contributed by atoms with van der Waals surface area (Å²) < 4.78 is 0. The van der Waals surface area contributed by atoms with Crippen LogP contribution in [-0.2, 0) is 4.79 Å². The first-order valence-electron chi connectivity index (χ1n) is 4.64. The van der Waals surface area contributed by atoms with Crippen LogP contribution in [0, 0.1) is 28.6 Å². The predicted octanol–water partition coefficient (Wildman–Crippen LogP) is 1.31. The van der Waals surface area contributed by atoms with Crippen LogP contribution in [0.2, 0.25) is 0 Å². The van der Waals surface area contributed by atoms with E-state index in [1.165, 1.54) is 0 Å². The highest BCUT2D eigenvalue weighted by molar-refractivity contribution is 5.82. The van der Waals surface area contributed by atoms with E-state index in [2.05, 4.69) is 25.2 Å². The lowest BCUT2D eigenvalue weighted by atomic mass is 10.1. The molecule has 2 atom stereocenters. The minimum atomic E-state index is -0.0918. The molecule has 0 aliphatic heterocycles. The number of hydrogen-bond donors (Lipinski definition) is 1. The van der Waals surface area contributed by atoms with E-state index in [0.717, 1.165) is 6.42 Å². The Balaban J connectivity index is 2.25. The van der Waals surface area contributed by atoms with Gasteiger partial charge in [0, 0.05) is 12.5 Å². The second kappa shape index (κ2) is 3.37. The van der Waals surface area contributed by atoms with Crippen LogP contribution in [0.15, 0.2) is 0 Å². The Kier molecular flexibility index (Phi) is 2.60. The van der Waals surface area contributed by atoms with Crippen molar-refractivity contribution in [2.75, 3.05) is 6.54 Å². The molecule has 3 heteroatoms. The summed E-state index contributed by atoms with van der Waals surface area (Å²) in [7, 11) is 0. The maximum absolute atomic E-state index is 11.4. The maximum Gasteiger partial charge on any atom is 0.223 e. The number of hydrogen-bond acceptors (Lipinski definition) is 2. The number of nitrogens with zero attached hydrogens (tertiary/aromatic N) is 1. The fraction of sp³-hybridized carbons (Fsp3) is 0.800. The van der Waals surface area contributed by atoms with Crippen molar-refractivity contribution in [1.82, 2.24) is 5.32 Å². The van der Waals surface area contributed by atoms with Crippen LogP contribution in [0.1, 0.15) is 27.2 Å². The molecule has 1 amide bonds. The molecule has 0 bridgehead atoms. The Bertz CT molecular complexity index is 252. The zero-order chi connectivity index (χ0) is 10.1. The van der Waals surface area contributed by atoms with Gasteiger partial charge in [-0.3, -0.25) is 4.79 Å². The molecule has 0 spiro atoms. The zero-order valence-corrected chi connectivity index (χ0v) is 8.42. The molecule has 13 heavy (non-hydrogen) atoms. The predicted molar refractivity (Wildman–Crippen MR) is 49.7 cm³/mol. The molecular weight excluding hydrogens is 164 g/mol. The average Bonchev–Trinajstić information content (AvgIpc) is 2.70. The fourth-order valence-electron chi connectivity index (χ4n) is 1.34. The summed E-state index contributed by atoms with van der Waals surface area (Å²) in [5.41, 5.74) is 0.181. The molecule has 0 aromatic carbocycles.